The molecule has 3 heterocycles. The normalized spacial score (nSPS) is 19.2. The monoisotopic (exact) mass is 460 g/mol. The summed E-state index contributed by atoms with van der Waals surface area (Å²) in [6.45, 7) is 0. The second-order valence-electron chi connectivity index (χ2n) is 8.06. The highest BCUT2D eigenvalue weighted by Gasteiger charge is 2.33. The number of nitrogen functional groups attached to an aromatic ring is 1. The van der Waals surface area contributed by atoms with Crippen molar-refractivity contribution in [1.29, 1.82) is 0 Å². The van der Waals surface area contributed by atoms with Crippen molar-refractivity contribution < 1.29 is 27.8 Å². The number of nitrogens with two attached hydrogens (primary N) is 1. The number of carboxylic acids is 1. The number of nitrogens with zero attached hydrogens (tertiary/aromatic N) is 4. The molecule has 9 nitrogen and oxygen atoms in total. The van der Waals surface area contributed by atoms with Crippen LogP contribution in [0, 0.1) is 5.92 Å². The summed E-state index contributed by atoms with van der Waals surface area (Å²) in [5.74, 6) is -0.793. The van der Waals surface area contributed by atoms with Gasteiger partial charge in [-0.3, -0.25) is 4.79 Å². The summed E-state index contributed by atoms with van der Waals surface area (Å²) in [7, 11) is 0. The van der Waals surface area contributed by atoms with Crippen LogP contribution in [0.25, 0.3) is 27.8 Å². The number of hydrogen-bond acceptors (Lipinski definition) is 6. The summed E-state index contributed by atoms with van der Waals surface area (Å²) in [5, 5.41) is 14.1. The van der Waals surface area contributed by atoms with Crippen LogP contribution in [0.4, 0.5) is 19.0 Å². The van der Waals surface area contributed by atoms with Crippen LogP contribution in [0.3, 0.4) is 0 Å². The summed E-state index contributed by atoms with van der Waals surface area (Å²) < 4.78 is 44.2. The lowest BCUT2D eigenvalue weighted by molar-refractivity contribution is -0.274. The van der Waals surface area contributed by atoms with E-state index in [9.17, 15) is 23.1 Å². The molecule has 1 aliphatic rings. The number of fused-ring (bicyclic) bond motifs is 2. The van der Waals surface area contributed by atoms with Crippen LogP contribution in [0.15, 0.2) is 30.6 Å². The molecule has 0 bridgehead atoms. The van der Waals surface area contributed by atoms with Gasteiger partial charge < -0.3 is 20.6 Å². The first kappa shape index (κ1) is 21.0. The molecule has 1 aromatic carbocycles. The maximum absolute atomic E-state index is 12.8. The molecule has 0 radical (unpaired) electrons. The van der Waals surface area contributed by atoms with Crippen LogP contribution in [-0.4, -0.2) is 42.0 Å². The average molecular weight is 460 g/mol. The molecule has 1 aliphatic carbocycles. The van der Waals surface area contributed by atoms with Crippen molar-refractivity contribution in [3.63, 3.8) is 0 Å². The Bertz CT molecular complexity index is 1350. The number of aromatic nitrogens is 5. The second kappa shape index (κ2) is 7.64. The van der Waals surface area contributed by atoms with E-state index >= 15 is 0 Å². The van der Waals surface area contributed by atoms with Gasteiger partial charge in [-0.1, -0.05) is 12.1 Å². The molecule has 1 fully saturated rings. The van der Waals surface area contributed by atoms with Crippen molar-refractivity contribution in [3.8, 4) is 17.1 Å². The van der Waals surface area contributed by atoms with Gasteiger partial charge in [-0.15, -0.1) is 13.2 Å². The van der Waals surface area contributed by atoms with E-state index in [1.54, 1.807) is 16.6 Å². The largest absolute Gasteiger partial charge is 0.573 e. The van der Waals surface area contributed by atoms with E-state index < -0.39 is 12.3 Å². The SMILES string of the molecule is Nc1ncnn2c(C3CCC(C(=O)O)CC3)nc(-c3cc4cccc(OC(F)(F)F)c4[nH]3)c12. The fourth-order valence-electron chi connectivity index (χ4n) is 4.49. The number of alkyl halides is 3. The fraction of sp³-hybridized carbons (Fsp3) is 0.333. The number of carboxylic acid groups (broad SMARTS) is 1. The number of aliphatic carboxylic acids is 1. The molecule has 0 amide bonds. The van der Waals surface area contributed by atoms with Gasteiger partial charge in [0.05, 0.1) is 17.1 Å². The van der Waals surface area contributed by atoms with Crippen LogP contribution in [0.2, 0.25) is 0 Å². The minimum absolute atomic E-state index is 0.0374. The van der Waals surface area contributed by atoms with Crippen LogP contribution in [-0.2, 0) is 4.79 Å². The summed E-state index contributed by atoms with van der Waals surface area (Å²) in [6, 6.07) is 6.02. The molecule has 0 unspecified atom stereocenters. The van der Waals surface area contributed by atoms with Gasteiger partial charge in [0, 0.05) is 11.3 Å². The third kappa shape index (κ3) is 3.81. The molecule has 5 rings (SSSR count). The van der Waals surface area contributed by atoms with Gasteiger partial charge in [0.15, 0.2) is 11.6 Å². The quantitative estimate of drug-likeness (QED) is 0.418. The summed E-state index contributed by atoms with van der Waals surface area (Å²) in [5.41, 5.74) is 7.57. The minimum Gasteiger partial charge on any atom is -0.481 e. The Morgan fingerprint density at radius 1 is 1.24 bits per heavy atom. The number of benzene rings is 1. The molecule has 0 aliphatic heterocycles. The van der Waals surface area contributed by atoms with Gasteiger partial charge in [0.1, 0.15) is 23.4 Å². The molecule has 4 N–H and O–H groups in total. The molecule has 172 valence electrons. The summed E-state index contributed by atoms with van der Waals surface area (Å²) in [4.78, 5) is 23.1. The Kier molecular flexibility index (Phi) is 4.87. The lowest BCUT2D eigenvalue weighted by atomic mass is 9.82. The average Bonchev–Trinajstić information content (AvgIpc) is 3.36. The van der Waals surface area contributed by atoms with Crippen LogP contribution in [0.5, 0.6) is 5.75 Å². The second-order valence-corrected chi connectivity index (χ2v) is 8.06. The van der Waals surface area contributed by atoms with E-state index in [2.05, 4.69) is 19.8 Å². The number of hydrogen-bond donors (Lipinski definition) is 3. The van der Waals surface area contributed by atoms with Crippen LogP contribution in [0.1, 0.15) is 37.4 Å². The van der Waals surface area contributed by atoms with Crippen molar-refractivity contribution in [3.05, 3.63) is 36.4 Å². The van der Waals surface area contributed by atoms with Crippen LogP contribution >= 0.6 is 0 Å². The number of anilines is 1. The van der Waals surface area contributed by atoms with Crippen molar-refractivity contribution in [2.24, 2.45) is 5.92 Å². The standard InChI is InChI=1S/C21H19F3N6O3/c22-21(23,24)33-14-3-1-2-12-8-13(28-15(12)14)16-17-18(25)26-9-27-30(17)19(29-16)10-4-6-11(7-5-10)20(31)32/h1-3,8-11,28H,4-7H2,(H,31,32)(H2,25,26,27). The highest BCUT2D eigenvalue weighted by atomic mass is 19.4. The molecular formula is C21H19F3N6O3. The van der Waals surface area contributed by atoms with E-state index in [1.165, 1.54) is 18.5 Å². The Labute approximate surface area is 184 Å². The molecule has 0 spiro atoms. The van der Waals surface area contributed by atoms with Crippen molar-refractivity contribution >= 4 is 28.2 Å². The third-order valence-electron chi connectivity index (χ3n) is 6.03. The van der Waals surface area contributed by atoms with E-state index in [1.807, 2.05) is 0 Å². The van der Waals surface area contributed by atoms with Gasteiger partial charge in [-0.05, 0) is 37.8 Å². The molecule has 1 saturated carbocycles. The fourth-order valence-corrected chi connectivity index (χ4v) is 4.49. The molecule has 4 aromatic rings. The number of ether oxygens (including phenoxy) is 1. The molecule has 33 heavy (non-hydrogen) atoms. The molecule has 0 atom stereocenters. The van der Waals surface area contributed by atoms with E-state index in [0.717, 1.165) is 0 Å². The zero-order valence-corrected chi connectivity index (χ0v) is 17.1. The number of carbonyl (C=O) groups is 1. The predicted molar refractivity (Wildman–Crippen MR) is 112 cm³/mol. The van der Waals surface area contributed by atoms with Crippen molar-refractivity contribution in [2.45, 2.75) is 38.0 Å². The van der Waals surface area contributed by atoms with Crippen molar-refractivity contribution in [2.75, 3.05) is 5.73 Å². The number of aromatic amines is 1. The molecule has 12 heteroatoms. The number of imidazole rings is 1. The Balaban J connectivity index is 1.60. The topological polar surface area (TPSA) is 131 Å². The molecular weight excluding hydrogens is 441 g/mol. The van der Waals surface area contributed by atoms with Gasteiger partial charge >= 0.3 is 12.3 Å². The number of para-hydroxylation sites is 1. The molecule has 0 saturated heterocycles. The summed E-state index contributed by atoms with van der Waals surface area (Å²) >= 11 is 0. The molecule has 3 aromatic heterocycles. The van der Waals surface area contributed by atoms with Gasteiger partial charge in [-0.2, -0.15) is 5.10 Å². The Hall–Kier alpha value is -3.83. The highest BCUT2D eigenvalue weighted by Crippen LogP contribution is 2.39. The zero-order valence-electron chi connectivity index (χ0n) is 17.1. The Morgan fingerprint density at radius 3 is 2.70 bits per heavy atom. The first-order valence-corrected chi connectivity index (χ1v) is 10.3. The lowest BCUT2D eigenvalue weighted by Crippen LogP contribution is -2.21. The number of H-pyrrole nitrogens is 1. The maximum Gasteiger partial charge on any atom is 0.573 e. The zero-order chi connectivity index (χ0) is 23.3. The maximum atomic E-state index is 12.8. The Morgan fingerprint density at radius 2 is 2.00 bits per heavy atom. The summed E-state index contributed by atoms with van der Waals surface area (Å²) in [6.07, 6.45) is -1.24. The smallest absolute Gasteiger partial charge is 0.481 e. The number of rotatable bonds is 4. The van der Waals surface area contributed by atoms with Gasteiger partial charge in [-0.25, -0.2) is 14.5 Å². The highest BCUT2D eigenvalue weighted by molar-refractivity contribution is 5.93. The van der Waals surface area contributed by atoms with E-state index in [4.69, 9.17) is 10.7 Å². The number of nitrogens with one attached hydrogen (secondary N) is 1. The van der Waals surface area contributed by atoms with Crippen LogP contribution < -0.4 is 10.5 Å². The van der Waals surface area contributed by atoms with Gasteiger partial charge in [0.2, 0.25) is 0 Å². The number of halogens is 3. The minimum atomic E-state index is -4.83. The van der Waals surface area contributed by atoms with Gasteiger partial charge in [0.25, 0.3) is 0 Å². The van der Waals surface area contributed by atoms with Crippen molar-refractivity contribution in [1.82, 2.24) is 24.6 Å². The third-order valence-corrected chi connectivity index (χ3v) is 6.03. The van der Waals surface area contributed by atoms with E-state index in [0.29, 0.717) is 53.8 Å². The first-order chi connectivity index (χ1) is 15.7. The first-order valence-electron chi connectivity index (χ1n) is 10.3. The lowest BCUT2D eigenvalue weighted by Gasteiger charge is -2.24. The van der Waals surface area contributed by atoms with E-state index in [-0.39, 0.29) is 28.9 Å². The predicted octanol–water partition coefficient (Wildman–Crippen LogP) is 4.11.